The predicted molar refractivity (Wildman–Crippen MR) is 103 cm³/mol. The van der Waals surface area contributed by atoms with Gasteiger partial charge in [-0.1, -0.05) is 12.1 Å². The molecule has 8 heteroatoms. The fourth-order valence-corrected chi connectivity index (χ4v) is 4.58. The number of esters is 1. The number of thioether (sulfide) groups is 1. The fourth-order valence-electron chi connectivity index (χ4n) is 2.98. The van der Waals surface area contributed by atoms with Gasteiger partial charge in [0.25, 0.3) is 5.91 Å². The summed E-state index contributed by atoms with van der Waals surface area (Å²) >= 11 is 3.02. The molecule has 0 bridgehead atoms. The summed E-state index contributed by atoms with van der Waals surface area (Å²) in [5, 5.41) is 14.0. The van der Waals surface area contributed by atoms with E-state index in [-0.39, 0.29) is 0 Å². The van der Waals surface area contributed by atoms with Crippen LogP contribution in [-0.2, 0) is 15.3 Å². The van der Waals surface area contributed by atoms with Gasteiger partial charge in [-0.3, -0.25) is 4.79 Å². The Morgan fingerprint density at radius 1 is 1.33 bits per heavy atom. The maximum Gasteiger partial charge on any atom is 0.339 e. The Balaban J connectivity index is 1.56. The molecule has 1 N–H and O–H groups in total. The molecule has 1 aliphatic rings. The van der Waals surface area contributed by atoms with Crippen LogP contribution in [0.1, 0.15) is 41.7 Å². The van der Waals surface area contributed by atoms with Crippen LogP contribution in [0.2, 0.25) is 0 Å². The molecular formula is C19H19N3O3S2. The monoisotopic (exact) mass is 401 g/mol. The first kappa shape index (κ1) is 19.4. The Morgan fingerprint density at radius 3 is 2.81 bits per heavy atom. The first-order valence-electron chi connectivity index (χ1n) is 8.60. The second-order valence-electron chi connectivity index (χ2n) is 6.29. The van der Waals surface area contributed by atoms with Crippen molar-refractivity contribution >= 4 is 35.0 Å². The van der Waals surface area contributed by atoms with E-state index in [1.165, 1.54) is 23.1 Å². The van der Waals surface area contributed by atoms with Crippen LogP contribution >= 0.6 is 23.1 Å². The maximum absolute atomic E-state index is 12.4. The minimum atomic E-state index is -0.815. The summed E-state index contributed by atoms with van der Waals surface area (Å²) in [6, 6.07) is 9.32. The molecule has 0 radical (unpaired) electrons. The zero-order valence-corrected chi connectivity index (χ0v) is 16.3. The number of hydrogen-bond donors (Lipinski definition) is 1. The summed E-state index contributed by atoms with van der Waals surface area (Å²) in [4.78, 5) is 29.5. The Labute approximate surface area is 165 Å². The molecule has 2 aromatic rings. The summed E-state index contributed by atoms with van der Waals surface area (Å²) in [5.74, 6) is -0.345. The number of aromatic nitrogens is 1. The molecule has 0 saturated heterocycles. The lowest BCUT2D eigenvalue weighted by molar-refractivity contribution is -0.125. The van der Waals surface area contributed by atoms with Crippen molar-refractivity contribution < 1.29 is 14.3 Å². The molecule has 0 unspecified atom stereocenters. The van der Waals surface area contributed by atoms with E-state index in [0.717, 1.165) is 23.4 Å². The Hall–Kier alpha value is -2.37. The Bertz CT molecular complexity index is 840. The van der Waals surface area contributed by atoms with Crippen molar-refractivity contribution in [2.24, 2.45) is 0 Å². The number of nitrogens with zero attached hydrogens (tertiary/aromatic N) is 2. The Morgan fingerprint density at radius 2 is 2.11 bits per heavy atom. The van der Waals surface area contributed by atoms with E-state index in [2.05, 4.69) is 16.4 Å². The molecule has 1 saturated carbocycles. The molecule has 0 aliphatic heterocycles. The minimum absolute atomic E-state index is 0.395. The largest absolute Gasteiger partial charge is 0.452 e. The lowest BCUT2D eigenvalue weighted by Crippen LogP contribution is -2.46. The average molecular weight is 402 g/mol. The molecule has 140 valence electrons. The van der Waals surface area contributed by atoms with Crippen LogP contribution in [0.5, 0.6) is 0 Å². The van der Waals surface area contributed by atoms with E-state index in [1.54, 1.807) is 17.6 Å². The molecule has 1 heterocycles. The third kappa shape index (κ3) is 5.08. The van der Waals surface area contributed by atoms with Gasteiger partial charge in [0.15, 0.2) is 6.61 Å². The highest BCUT2D eigenvalue weighted by Crippen LogP contribution is 2.29. The molecule has 1 aromatic heterocycles. The summed E-state index contributed by atoms with van der Waals surface area (Å²) in [6.45, 7) is -0.395. The van der Waals surface area contributed by atoms with E-state index in [0.29, 0.717) is 24.2 Å². The highest BCUT2D eigenvalue weighted by Gasteiger charge is 2.35. The molecule has 1 aromatic carbocycles. The molecule has 1 amide bonds. The maximum atomic E-state index is 12.4. The fraction of sp³-hybridized carbons (Fsp3) is 0.368. The zero-order chi connectivity index (χ0) is 19.1. The lowest BCUT2D eigenvalue weighted by atomic mass is 10.00. The summed E-state index contributed by atoms with van der Waals surface area (Å²) in [7, 11) is 0. The smallest absolute Gasteiger partial charge is 0.339 e. The zero-order valence-electron chi connectivity index (χ0n) is 14.6. The van der Waals surface area contributed by atoms with Crippen LogP contribution in [0.15, 0.2) is 40.1 Å². The number of benzene rings is 1. The van der Waals surface area contributed by atoms with Crippen molar-refractivity contribution in [3.8, 4) is 6.07 Å². The summed E-state index contributed by atoms with van der Waals surface area (Å²) < 4.78 is 5.18. The van der Waals surface area contributed by atoms with Crippen LogP contribution in [0.3, 0.4) is 0 Å². The number of rotatable bonds is 7. The molecule has 1 fully saturated rings. The van der Waals surface area contributed by atoms with Gasteiger partial charge >= 0.3 is 5.97 Å². The first-order valence-corrected chi connectivity index (χ1v) is 10.5. The molecule has 0 spiro atoms. The normalized spacial score (nSPS) is 15.1. The number of hydrogen-bond acceptors (Lipinski definition) is 7. The van der Waals surface area contributed by atoms with Crippen molar-refractivity contribution in [3.05, 3.63) is 46.4 Å². The van der Waals surface area contributed by atoms with E-state index >= 15 is 0 Å². The van der Waals surface area contributed by atoms with Gasteiger partial charge in [-0.25, -0.2) is 9.78 Å². The van der Waals surface area contributed by atoms with Gasteiger partial charge in [0.1, 0.15) is 5.54 Å². The van der Waals surface area contributed by atoms with Gasteiger partial charge in [-0.05, 0) is 37.8 Å². The van der Waals surface area contributed by atoms with Gasteiger partial charge in [0, 0.05) is 16.0 Å². The van der Waals surface area contributed by atoms with Gasteiger partial charge in [-0.15, -0.1) is 23.1 Å². The number of amides is 1. The number of nitrogens with one attached hydrogen (secondary N) is 1. The lowest BCUT2D eigenvalue weighted by Gasteiger charge is -2.21. The average Bonchev–Trinajstić information content (AvgIpc) is 3.37. The van der Waals surface area contributed by atoms with Crippen LogP contribution in [0, 0.1) is 11.3 Å². The Kier molecular flexibility index (Phi) is 6.48. The van der Waals surface area contributed by atoms with E-state index in [4.69, 9.17) is 4.74 Å². The van der Waals surface area contributed by atoms with Crippen LogP contribution < -0.4 is 5.32 Å². The number of nitriles is 1. The third-order valence-corrected chi connectivity index (χ3v) is 6.09. The second-order valence-corrected chi connectivity index (χ2v) is 8.03. The third-order valence-electron chi connectivity index (χ3n) is 4.35. The molecular weight excluding hydrogens is 382 g/mol. The molecule has 27 heavy (non-hydrogen) atoms. The number of thiazole rings is 1. The molecule has 3 rings (SSSR count). The number of ether oxygens (including phenoxy) is 1. The standard InChI is InChI=1S/C19H19N3O3S2/c20-12-19(7-3-4-8-19)22-17(23)9-25-18(24)15-5-1-2-6-16(15)27-11-14-10-26-13-21-14/h1-2,5-6,10,13H,3-4,7-9,11H2,(H,22,23). The van der Waals surface area contributed by atoms with Gasteiger partial charge < -0.3 is 10.1 Å². The quantitative estimate of drug-likeness (QED) is 0.563. The molecule has 1 aliphatic carbocycles. The van der Waals surface area contributed by atoms with E-state index in [9.17, 15) is 14.9 Å². The number of carbonyl (C=O) groups is 2. The highest BCUT2D eigenvalue weighted by molar-refractivity contribution is 7.98. The summed E-state index contributed by atoms with van der Waals surface area (Å²) in [5.41, 5.74) is 2.32. The van der Waals surface area contributed by atoms with Crippen molar-refractivity contribution in [1.82, 2.24) is 10.3 Å². The first-order chi connectivity index (χ1) is 13.1. The van der Waals surface area contributed by atoms with Gasteiger partial charge in [0.05, 0.1) is 22.8 Å². The van der Waals surface area contributed by atoms with Crippen LogP contribution in [0.25, 0.3) is 0 Å². The summed E-state index contributed by atoms with van der Waals surface area (Å²) in [6.07, 6.45) is 3.10. The predicted octanol–water partition coefficient (Wildman–Crippen LogP) is 3.54. The van der Waals surface area contributed by atoms with Crippen molar-refractivity contribution in [2.75, 3.05) is 6.61 Å². The van der Waals surface area contributed by atoms with Crippen LogP contribution in [0.4, 0.5) is 0 Å². The van der Waals surface area contributed by atoms with Crippen molar-refractivity contribution in [3.63, 3.8) is 0 Å². The minimum Gasteiger partial charge on any atom is -0.452 e. The van der Waals surface area contributed by atoms with Gasteiger partial charge in [-0.2, -0.15) is 5.26 Å². The number of carbonyl (C=O) groups excluding carboxylic acids is 2. The van der Waals surface area contributed by atoms with Crippen LogP contribution in [-0.4, -0.2) is 29.0 Å². The second kappa shape index (κ2) is 9.02. The van der Waals surface area contributed by atoms with E-state index < -0.39 is 24.0 Å². The molecule has 0 atom stereocenters. The SMILES string of the molecule is N#CC1(NC(=O)COC(=O)c2ccccc2SCc2cscn2)CCCC1. The van der Waals surface area contributed by atoms with Crippen molar-refractivity contribution in [1.29, 1.82) is 5.26 Å². The highest BCUT2D eigenvalue weighted by atomic mass is 32.2. The van der Waals surface area contributed by atoms with Gasteiger partial charge in [0.2, 0.25) is 0 Å². The van der Waals surface area contributed by atoms with Crippen molar-refractivity contribution in [2.45, 2.75) is 41.9 Å². The molecule has 6 nitrogen and oxygen atoms in total. The topological polar surface area (TPSA) is 92.1 Å². The van der Waals surface area contributed by atoms with E-state index in [1.807, 2.05) is 17.5 Å².